The number of sulfonamides is 1. The average Bonchev–Trinajstić information content (AvgIpc) is 3.19. The molecular weight excluding hydrogens is 484 g/mol. The molecule has 0 radical (unpaired) electrons. The molecule has 0 saturated carbocycles. The van der Waals surface area contributed by atoms with Gasteiger partial charge in [-0.1, -0.05) is 26.7 Å². The zero-order valence-corrected chi connectivity index (χ0v) is 22.1. The lowest BCUT2D eigenvalue weighted by Gasteiger charge is -2.25. The first-order valence-electron chi connectivity index (χ1n) is 11.9. The van der Waals surface area contributed by atoms with E-state index in [2.05, 4.69) is 11.4 Å². The van der Waals surface area contributed by atoms with Crippen LogP contribution < -0.4 is 5.32 Å². The number of nitriles is 1. The molecule has 0 bridgehead atoms. The maximum Gasteiger partial charge on any atom is 0.256 e. The highest BCUT2D eigenvalue weighted by Crippen LogP contribution is 2.37. The van der Waals surface area contributed by atoms with Gasteiger partial charge in [-0.3, -0.25) is 9.59 Å². The van der Waals surface area contributed by atoms with Gasteiger partial charge in [0.05, 0.1) is 17.0 Å². The Kier molecular flexibility index (Phi) is 9.05. The van der Waals surface area contributed by atoms with Crippen LogP contribution in [0, 0.1) is 11.3 Å². The standard InChI is InChI=1S/C25H32N4O4S2/c1-4-6-13-29(14-7-5-2)35(32,33)20-10-8-19(9-11-20)24(31)27-25-22(16-26)21-12-15-28(18(3)30)17-23(21)34-25/h8-11H,4-7,12-15,17H2,1-3H3,(H,27,31). The normalized spacial score (nSPS) is 13.4. The fourth-order valence-electron chi connectivity index (χ4n) is 4.00. The summed E-state index contributed by atoms with van der Waals surface area (Å²) in [5.41, 5.74) is 1.62. The molecule has 8 nitrogen and oxygen atoms in total. The van der Waals surface area contributed by atoms with Gasteiger partial charge in [-0.2, -0.15) is 9.57 Å². The van der Waals surface area contributed by atoms with Gasteiger partial charge in [-0.05, 0) is 49.1 Å². The third-order valence-corrected chi connectivity index (χ3v) is 9.16. The predicted molar refractivity (Wildman–Crippen MR) is 137 cm³/mol. The molecule has 188 valence electrons. The monoisotopic (exact) mass is 516 g/mol. The zero-order valence-electron chi connectivity index (χ0n) is 20.5. The minimum atomic E-state index is -3.64. The average molecular weight is 517 g/mol. The number of thiophene rings is 1. The highest BCUT2D eigenvalue weighted by atomic mass is 32.2. The number of carbonyl (C=O) groups excluding carboxylic acids is 2. The van der Waals surface area contributed by atoms with Crippen LogP contribution in [0.4, 0.5) is 5.00 Å². The Morgan fingerprint density at radius 2 is 1.77 bits per heavy atom. The fraction of sp³-hybridized carbons (Fsp3) is 0.480. The van der Waals surface area contributed by atoms with Gasteiger partial charge in [0.2, 0.25) is 15.9 Å². The number of hydrogen-bond donors (Lipinski definition) is 1. The van der Waals surface area contributed by atoms with Gasteiger partial charge in [0.25, 0.3) is 5.91 Å². The molecule has 2 amide bonds. The van der Waals surface area contributed by atoms with Crippen molar-refractivity contribution in [2.45, 2.75) is 64.3 Å². The molecule has 35 heavy (non-hydrogen) atoms. The maximum absolute atomic E-state index is 13.1. The Morgan fingerprint density at radius 1 is 1.14 bits per heavy atom. The van der Waals surface area contributed by atoms with Gasteiger partial charge in [0.1, 0.15) is 11.1 Å². The molecular formula is C25H32N4O4S2. The number of benzene rings is 1. The fourth-order valence-corrected chi connectivity index (χ4v) is 6.73. The number of unbranched alkanes of at least 4 members (excludes halogenated alkanes) is 2. The van der Waals surface area contributed by atoms with Crippen LogP contribution in [-0.2, 0) is 27.8 Å². The van der Waals surface area contributed by atoms with E-state index in [4.69, 9.17) is 0 Å². The second kappa shape index (κ2) is 11.8. The van der Waals surface area contributed by atoms with E-state index in [-0.39, 0.29) is 10.8 Å². The lowest BCUT2D eigenvalue weighted by molar-refractivity contribution is -0.129. The van der Waals surface area contributed by atoms with Gasteiger partial charge >= 0.3 is 0 Å². The molecule has 2 aromatic rings. The number of amides is 2. The number of carbonyl (C=O) groups is 2. The molecule has 1 aromatic carbocycles. The largest absolute Gasteiger partial charge is 0.337 e. The van der Waals surface area contributed by atoms with Crippen molar-refractivity contribution in [2.24, 2.45) is 0 Å². The van der Waals surface area contributed by atoms with E-state index in [1.807, 2.05) is 13.8 Å². The summed E-state index contributed by atoms with van der Waals surface area (Å²) in [7, 11) is -3.64. The highest BCUT2D eigenvalue weighted by Gasteiger charge is 2.27. The summed E-state index contributed by atoms with van der Waals surface area (Å²) in [6.45, 7) is 7.50. The van der Waals surface area contributed by atoms with E-state index in [0.29, 0.717) is 48.7 Å². The van der Waals surface area contributed by atoms with E-state index in [1.165, 1.54) is 46.8 Å². The molecule has 0 spiro atoms. The maximum atomic E-state index is 13.1. The minimum absolute atomic E-state index is 0.0221. The summed E-state index contributed by atoms with van der Waals surface area (Å²) in [5, 5.41) is 12.9. The molecule has 2 heterocycles. The Morgan fingerprint density at radius 3 is 2.31 bits per heavy atom. The summed E-state index contributed by atoms with van der Waals surface area (Å²) in [5.74, 6) is -0.438. The van der Waals surface area contributed by atoms with Gasteiger partial charge in [0, 0.05) is 37.0 Å². The third kappa shape index (κ3) is 6.10. The summed E-state index contributed by atoms with van der Waals surface area (Å²) in [6.07, 6.45) is 3.96. The van der Waals surface area contributed by atoms with Crippen molar-refractivity contribution in [3.8, 4) is 6.07 Å². The molecule has 0 atom stereocenters. The first kappa shape index (κ1) is 26.9. The minimum Gasteiger partial charge on any atom is -0.337 e. The molecule has 1 aromatic heterocycles. The van der Waals surface area contributed by atoms with Crippen molar-refractivity contribution < 1.29 is 18.0 Å². The lowest BCUT2D eigenvalue weighted by atomic mass is 10.0. The lowest BCUT2D eigenvalue weighted by Crippen LogP contribution is -2.33. The van der Waals surface area contributed by atoms with Crippen molar-refractivity contribution in [3.63, 3.8) is 0 Å². The Bertz CT molecular complexity index is 1210. The van der Waals surface area contributed by atoms with Crippen LogP contribution in [0.5, 0.6) is 0 Å². The van der Waals surface area contributed by atoms with E-state index < -0.39 is 15.9 Å². The van der Waals surface area contributed by atoms with E-state index in [0.717, 1.165) is 36.1 Å². The smallest absolute Gasteiger partial charge is 0.256 e. The van der Waals surface area contributed by atoms with E-state index >= 15 is 0 Å². The summed E-state index contributed by atoms with van der Waals surface area (Å²) in [4.78, 5) is 27.4. The van der Waals surface area contributed by atoms with E-state index in [1.54, 1.807) is 4.90 Å². The number of rotatable bonds is 10. The molecule has 10 heteroatoms. The number of nitrogens with zero attached hydrogens (tertiary/aromatic N) is 3. The topological polar surface area (TPSA) is 111 Å². The van der Waals surface area contributed by atoms with Crippen LogP contribution in [-0.4, -0.2) is 49.1 Å². The summed E-state index contributed by atoms with van der Waals surface area (Å²) < 4.78 is 27.8. The van der Waals surface area contributed by atoms with Crippen LogP contribution in [0.3, 0.4) is 0 Å². The van der Waals surface area contributed by atoms with Crippen molar-refractivity contribution >= 4 is 38.2 Å². The van der Waals surface area contributed by atoms with Crippen LogP contribution in [0.15, 0.2) is 29.2 Å². The number of fused-ring (bicyclic) bond motifs is 1. The molecule has 0 fully saturated rings. The Hall–Kier alpha value is -2.74. The van der Waals surface area contributed by atoms with Crippen molar-refractivity contribution in [1.29, 1.82) is 5.26 Å². The molecule has 0 aliphatic carbocycles. The van der Waals surface area contributed by atoms with Gasteiger partial charge < -0.3 is 10.2 Å². The number of hydrogen-bond acceptors (Lipinski definition) is 6. The van der Waals surface area contributed by atoms with Crippen LogP contribution in [0.1, 0.15) is 72.8 Å². The van der Waals surface area contributed by atoms with E-state index in [9.17, 15) is 23.3 Å². The molecule has 1 N–H and O–H groups in total. The molecule has 0 unspecified atom stereocenters. The predicted octanol–water partition coefficient (Wildman–Crippen LogP) is 4.37. The summed E-state index contributed by atoms with van der Waals surface area (Å²) in [6, 6.07) is 8.11. The van der Waals surface area contributed by atoms with Crippen molar-refractivity contribution in [2.75, 3.05) is 25.0 Å². The highest BCUT2D eigenvalue weighted by molar-refractivity contribution is 7.89. The van der Waals surface area contributed by atoms with Crippen molar-refractivity contribution in [1.82, 2.24) is 9.21 Å². The van der Waals surface area contributed by atoms with Crippen LogP contribution in [0.2, 0.25) is 0 Å². The van der Waals surface area contributed by atoms with Gasteiger partial charge in [0.15, 0.2) is 0 Å². The first-order chi connectivity index (χ1) is 16.7. The molecule has 1 aliphatic rings. The SMILES string of the molecule is CCCCN(CCCC)S(=O)(=O)c1ccc(C(=O)Nc2sc3c(c2C#N)CCN(C(C)=O)C3)cc1. The Labute approximate surface area is 211 Å². The second-order valence-electron chi connectivity index (χ2n) is 8.60. The summed E-state index contributed by atoms with van der Waals surface area (Å²) >= 11 is 1.31. The number of anilines is 1. The van der Waals surface area contributed by atoms with Crippen molar-refractivity contribution in [3.05, 3.63) is 45.8 Å². The third-order valence-electron chi connectivity index (χ3n) is 6.12. The molecule has 3 rings (SSSR count). The second-order valence-corrected chi connectivity index (χ2v) is 11.6. The zero-order chi connectivity index (χ0) is 25.6. The van der Waals surface area contributed by atoms with Crippen LogP contribution >= 0.6 is 11.3 Å². The van der Waals surface area contributed by atoms with Gasteiger partial charge in [-0.25, -0.2) is 8.42 Å². The van der Waals surface area contributed by atoms with Gasteiger partial charge in [-0.15, -0.1) is 11.3 Å². The number of nitrogens with one attached hydrogen (secondary N) is 1. The molecule has 0 saturated heterocycles. The Balaban J connectivity index is 1.78. The van der Waals surface area contributed by atoms with Crippen LogP contribution in [0.25, 0.3) is 0 Å². The first-order valence-corrected chi connectivity index (χ1v) is 14.2. The quantitative estimate of drug-likeness (QED) is 0.504. The molecule has 1 aliphatic heterocycles.